The highest BCUT2D eigenvalue weighted by Gasteiger charge is 2.46. The Kier molecular flexibility index (Phi) is 7.42. The van der Waals surface area contributed by atoms with Crippen LogP contribution in [0.3, 0.4) is 0 Å². The Hall–Kier alpha value is -6.89. The molecule has 3 nitrogen and oxygen atoms in total. The van der Waals surface area contributed by atoms with E-state index in [4.69, 9.17) is 16.5 Å². The summed E-state index contributed by atoms with van der Waals surface area (Å²) >= 11 is 0. The van der Waals surface area contributed by atoms with E-state index in [2.05, 4.69) is 132 Å². The third kappa shape index (κ3) is 5.05. The van der Waals surface area contributed by atoms with Crippen LogP contribution in [0.2, 0.25) is 0 Å². The molecule has 9 rings (SSSR count). The van der Waals surface area contributed by atoms with E-state index in [1.165, 1.54) is 16.7 Å². The smallest absolute Gasteiger partial charge is 0.195 e. The van der Waals surface area contributed by atoms with Crippen LogP contribution in [-0.4, -0.2) is 9.97 Å². The van der Waals surface area contributed by atoms with Gasteiger partial charge in [-0.15, -0.1) is 0 Å². The van der Waals surface area contributed by atoms with Gasteiger partial charge in [-0.1, -0.05) is 176 Å². The molecule has 1 aliphatic rings. The molecule has 1 heterocycles. The Bertz CT molecular complexity index is 2460. The first-order valence-corrected chi connectivity index (χ1v) is 17.1. The van der Waals surface area contributed by atoms with Crippen LogP contribution in [0.1, 0.15) is 22.3 Å². The van der Waals surface area contributed by atoms with Crippen LogP contribution in [0.4, 0.5) is 5.69 Å². The topological polar surface area (TPSA) is 30.1 Å². The van der Waals surface area contributed by atoms with E-state index in [9.17, 15) is 0 Å². The van der Waals surface area contributed by atoms with Gasteiger partial charge in [0.25, 0.3) is 0 Å². The fraction of sp³-hybridized carbons (Fsp3) is 0.0208. The molecular formula is C48H31N3. The van der Waals surface area contributed by atoms with Gasteiger partial charge in [0.1, 0.15) is 0 Å². The fourth-order valence-electron chi connectivity index (χ4n) is 7.70. The molecule has 0 amide bonds. The minimum Gasteiger partial charge on any atom is -0.238 e. The Morgan fingerprint density at radius 1 is 0.412 bits per heavy atom. The van der Waals surface area contributed by atoms with Gasteiger partial charge in [-0.25, -0.2) is 14.8 Å². The van der Waals surface area contributed by atoms with Gasteiger partial charge < -0.3 is 0 Å². The van der Waals surface area contributed by atoms with Crippen molar-refractivity contribution in [3.05, 3.63) is 222 Å². The predicted octanol–water partition coefficient (Wildman–Crippen LogP) is 12.1. The average molecular weight is 650 g/mol. The lowest BCUT2D eigenvalue weighted by molar-refractivity contribution is 0.769. The summed E-state index contributed by atoms with van der Waals surface area (Å²) < 4.78 is 0. The Labute approximate surface area is 298 Å². The molecule has 1 aliphatic carbocycles. The number of benzene rings is 7. The fourth-order valence-corrected chi connectivity index (χ4v) is 7.70. The summed E-state index contributed by atoms with van der Waals surface area (Å²) in [6.07, 6.45) is 0. The molecule has 0 atom stereocenters. The summed E-state index contributed by atoms with van der Waals surface area (Å²) in [6, 6.07) is 65.4. The second-order valence-corrected chi connectivity index (χ2v) is 12.8. The Morgan fingerprint density at radius 3 is 1.51 bits per heavy atom. The summed E-state index contributed by atoms with van der Waals surface area (Å²) in [7, 11) is 0. The molecule has 0 unspecified atom stereocenters. The third-order valence-electron chi connectivity index (χ3n) is 10.0. The lowest BCUT2D eigenvalue weighted by Crippen LogP contribution is -2.28. The van der Waals surface area contributed by atoms with Gasteiger partial charge in [0.05, 0.1) is 23.4 Å². The van der Waals surface area contributed by atoms with E-state index < -0.39 is 5.41 Å². The minimum atomic E-state index is -0.545. The number of aromatic nitrogens is 2. The van der Waals surface area contributed by atoms with E-state index in [-0.39, 0.29) is 0 Å². The standard InChI is InChI=1S/C48H31N3/c1-49-43-24-14-23-42-46(43)40-31-37(29-30-41(40)48(42,38-19-10-4-11-20-38)39-21-12-5-13-22-39)33-25-27-35(28-26-33)45-32-44(34-15-6-2-7-16-34)50-47(51-45)36-17-8-3-9-18-36/h2-32H. The molecule has 1 aromatic heterocycles. The molecule has 0 N–H and O–H groups in total. The van der Waals surface area contributed by atoms with Gasteiger partial charge in [-0.3, -0.25) is 0 Å². The van der Waals surface area contributed by atoms with Gasteiger partial charge >= 0.3 is 0 Å². The zero-order chi connectivity index (χ0) is 34.2. The largest absolute Gasteiger partial charge is 0.238 e. The molecule has 0 aliphatic heterocycles. The second kappa shape index (κ2) is 12.5. The Balaban J connectivity index is 1.17. The predicted molar refractivity (Wildman–Crippen MR) is 207 cm³/mol. The molecule has 8 aromatic rings. The first-order valence-electron chi connectivity index (χ1n) is 17.1. The second-order valence-electron chi connectivity index (χ2n) is 12.8. The molecular weight excluding hydrogens is 619 g/mol. The van der Waals surface area contributed by atoms with Crippen molar-refractivity contribution in [3.8, 4) is 56.2 Å². The molecule has 3 heteroatoms. The first kappa shape index (κ1) is 30.2. The number of rotatable bonds is 6. The van der Waals surface area contributed by atoms with Gasteiger partial charge in [0.2, 0.25) is 0 Å². The van der Waals surface area contributed by atoms with Crippen LogP contribution < -0.4 is 0 Å². The SMILES string of the molecule is [C-]#[N+]c1cccc2c1-c1cc(-c3ccc(-c4cc(-c5ccccc5)nc(-c5ccccc5)n4)cc3)ccc1C2(c1ccccc1)c1ccccc1. The zero-order valence-electron chi connectivity index (χ0n) is 27.7. The molecule has 238 valence electrons. The van der Waals surface area contributed by atoms with Gasteiger partial charge in [0.15, 0.2) is 11.5 Å². The number of fused-ring (bicyclic) bond motifs is 3. The third-order valence-corrected chi connectivity index (χ3v) is 10.0. The normalized spacial score (nSPS) is 12.5. The van der Waals surface area contributed by atoms with Crippen molar-refractivity contribution in [1.82, 2.24) is 9.97 Å². The molecule has 0 radical (unpaired) electrons. The van der Waals surface area contributed by atoms with Crippen LogP contribution >= 0.6 is 0 Å². The van der Waals surface area contributed by atoms with Crippen LogP contribution in [0.25, 0.3) is 61.0 Å². The summed E-state index contributed by atoms with van der Waals surface area (Å²) in [5.74, 6) is 0.698. The van der Waals surface area contributed by atoms with Crippen LogP contribution in [0.5, 0.6) is 0 Å². The van der Waals surface area contributed by atoms with Crippen molar-refractivity contribution in [2.75, 3.05) is 0 Å². The highest BCUT2D eigenvalue weighted by Crippen LogP contribution is 2.58. The molecule has 0 fully saturated rings. The van der Waals surface area contributed by atoms with Crippen molar-refractivity contribution >= 4 is 5.69 Å². The summed E-state index contributed by atoms with van der Waals surface area (Å²) in [5.41, 5.74) is 13.9. The quantitative estimate of drug-likeness (QED) is 0.168. The van der Waals surface area contributed by atoms with Crippen molar-refractivity contribution in [2.24, 2.45) is 0 Å². The number of hydrogen-bond acceptors (Lipinski definition) is 2. The van der Waals surface area contributed by atoms with Crippen molar-refractivity contribution in [2.45, 2.75) is 5.41 Å². The molecule has 0 saturated heterocycles. The van der Waals surface area contributed by atoms with Crippen LogP contribution in [-0.2, 0) is 5.41 Å². The molecule has 0 bridgehead atoms. The highest BCUT2D eigenvalue weighted by molar-refractivity contribution is 5.95. The first-order chi connectivity index (χ1) is 25.2. The molecule has 0 spiro atoms. The van der Waals surface area contributed by atoms with E-state index in [1.54, 1.807) is 0 Å². The van der Waals surface area contributed by atoms with E-state index in [1.807, 2.05) is 60.7 Å². The molecule has 51 heavy (non-hydrogen) atoms. The van der Waals surface area contributed by atoms with Crippen molar-refractivity contribution in [3.63, 3.8) is 0 Å². The zero-order valence-corrected chi connectivity index (χ0v) is 27.7. The monoisotopic (exact) mass is 649 g/mol. The Morgan fingerprint density at radius 2 is 0.922 bits per heavy atom. The van der Waals surface area contributed by atoms with Crippen LogP contribution in [0, 0.1) is 6.57 Å². The number of hydrogen-bond donors (Lipinski definition) is 0. The summed E-state index contributed by atoms with van der Waals surface area (Å²) in [5, 5.41) is 0. The minimum absolute atomic E-state index is 0.545. The van der Waals surface area contributed by atoms with Gasteiger partial charge in [-0.2, -0.15) is 0 Å². The lowest BCUT2D eigenvalue weighted by Gasteiger charge is -2.34. The highest BCUT2D eigenvalue weighted by atomic mass is 14.9. The molecule has 7 aromatic carbocycles. The lowest BCUT2D eigenvalue weighted by atomic mass is 9.67. The van der Waals surface area contributed by atoms with E-state index in [0.717, 1.165) is 55.9 Å². The maximum absolute atomic E-state index is 8.17. The summed E-state index contributed by atoms with van der Waals surface area (Å²) in [4.78, 5) is 14.0. The molecule has 0 saturated carbocycles. The van der Waals surface area contributed by atoms with Crippen molar-refractivity contribution < 1.29 is 0 Å². The van der Waals surface area contributed by atoms with E-state index in [0.29, 0.717) is 11.5 Å². The maximum Gasteiger partial charge on any atom is 0.195 e. The van der Waals surface area contributed by atoms with Crippen molar-refractivity contribution in [1.29, 1.82) is 0 Å². The maximum atomic E-state index is 8.17. The van der Waals surface area contributed by atoms with Gasteiger partial charge in [-0.05, 0) is 56.6 Å². The van der Waals surface area contributed by atoms with Crippen LogP contribution in [0.15, 0.2) is 188 Å². The van der Waals surface area contributed by atoms with Gasteiger partial charge in [0, 0.05) is 16.7 Å². The van der Waals surface area contributed by atoms with E-state index >= 15 is 0 Å². The summed E-state index contributed by atoms with van der Waals surface area (Å²) in [6.45, 7) is 8.17. The number of nitrogens with zero attached hydrogens (tertiary/aromatic N) is 3. The average Bonchev–Trinajstić information content (AvgIpc) is 3.53.